The highest BCUT2D eigenvalue weighted by molar-refractivity contribution is 5.92. The molecule has 0 spiro atoms. The molecule has 0 aliphatic carbocycles. The fraction of sp³-hybridized carbons (Fsp3) is 0.318. The number of oxazole rings is 1. The van der Waals surface area contributed by atoms with Gasteiger partial charge in [0.2, 0.25) is 0 Å². The highest BCUT2D eigenvalue weighted by Crippen LogP contribution is 2.22. The summed E-state index contributed by atoms with van der Waals surface area (Å²) in [6.07, 6.45) is 7.74. The Bertz CT molecular complexity index is 951. The first-order chi connectivity index (χ1) is 14.2. The summed E-state index contributed by atoms with van der Waals surface area (Å²) in [5, 5.41) is 3.09. The summed E-state index contributed by atoms with van der Waals surface area (Å²) in [4.78, 5) is 23.3. The molecule has 1 atom stereocenters. The van der Waals surface area contributed by atoms with Gasteiger partial charge in [-0.25, -0.2) is 0 Å². The Kier molecular flexibility index (Phi) is 9.15. The van der Waals surface area contributed by atoms with E-state index in [-0.39, 0.29) is 36.8 Å². The largest absolute Gasteiger partial charge is 0.490 e. The Labute approximate surface area is 194 Å². The number of carbonyl (C=O) groups excluding carboxylic acids is 1. The van der Waals surface area contributed by atoms with Crippen LogP contribution in [0.3, 0.4) is 0 Å². The van der Waals surface area contributed by atoms with Crippen molar-refractivity contribution in [3.05, 3.63) is 66.3 Å². The molecule has 3 heterocycles. The summed E-state index contributed by atoms with van der Waals surface area (Å²) in [7, 11) is 0. The zero-order chi connectivity index (χ0) is 20.1. The normalized spacial score (nSPS) is 15.4. The van der Waals surface area contributed by atoms with E-state index in [2.05, 4.69) is 15.3 Å². The predicted molar refractivity (Wildman–Crippen MR) is 124 cm³/mol. The van der Waals surface area contributed by atoms with Gasteiger partial charge in [-0.1, -0.05) is 17.7 Å². The van der Waals surface area contributed by atoms with E-state index in [0.717, 1.165) is 24.9 Å². The first-order valence-electron chi connectivity index (χ1n) is 9.82. The molecule has 4 rings (SSSR count). The third-order valence-corrected chi connectivity index (χ3v) is 4.99. The number of carbonyl (C=O) groups is 1. The minimum Gasteiger partial charge on any atom is -0.490 e. The number of halogens is 2. The molecular formula is C22H26Cl2N4O3. The summed E-state index contributed by atoms with van der Waals surface area (Å²) in [5.41, 5.74) is 2.33. The van der Waals surface area contributed by atoms with Gasteiger partial charge in [-0.05, 0) is 50.5 Å². The van der Waals surface area contributed by atoms with Gasteiger partial charge in [0.05, 0.1) is 12.2 Å². The number of aromatic nitrogens is 2. The lowest BCUT2D eigenvalue weighted by atomic mass is 10.0. The van der Waals surface area contributed by atoms with Crippen LogP contribution in [0, 0.1) is 6.92 Å². The molecule has 9 heteroatoms. The van der Waals surface area contributed by atoms with Crippen LogP contribution in [0.15, 0.2) is 59.5 Å². The van der Waals surface area contributed by atoms with Crippen LogP contribution in [0.2, 0.25) is 0 Å². The van der Waals surface area contributed by atoms with Crippen LogP contribution in [0.5, 0.6) is 5.75 Å². The van der Waals surface area contributed by atoms with Crippen LogP contribution in [-0.4, -0.2) is 40.0 Å². The number of hydrogen-bond acceptors (Lipinski definition) is 6. The Hall–Kier alpha value is -2.77. The minimum absolute atomic E-state index is 0. The molecule has 2 aromatic heterocycles. The topological polar surface area (TPSA) is 80.5 Å². The van der Waals surface area contributed by atoms with E-state index in [1.165, 1.54) is 11.8 Å². The van der Waals surface area contributed by atoms with Gasteiger partial charge in [-0.2, -0.15) is 4.98 Å². The molecule has 1 amide bonds. The maximum absolute atomic E-state index is 13.0. The number of piperidine rings is 1. The van der Waals surface area contributed by atoms with Crippen molar-refractivity contribution < 1.29 is 13.9 Å². The van der Waals surface area contributed by atoms with Crippen molar-refractivity contribution in [2.45, 2.75) is 32.2 Å². The molecule has 1 unspecified atom stereocenters. The third-order valence-electron chi connectivity index (χ3n) is 4.99. The first kappa shape index (κ1) is 24.5. The van der Waals surface area contributed by atoms with Crippen molar-refractivity contribution >= 4 is 42.4 Å². The standard InChI is InChI=1S/C22H24N4O3.2ClH/c1-16-7-9-17(10-8-16)24-22-25-20(15-29-22)21(27)26-12-3-2-5-18(26)14-28-19-6-4-11-23-13-19;;/h4,6-11,13,15,18H,2-3,5,12,14H2,1H3,(H,24,25);2*1H. The average Bonchev–Trinajstić information content (AvgIpc) is 3.23. The molecule has 166 valence electrons. The maximum Gasteiger partial charge on any atom is 0.299 e. The number of hydrogen-bond donors (Lipinski definition) is 1. The first-order valence-corrected chi connectivity index (χ1v) is 9.82. The third kappa shape index (κ3) is 6.35. The van der Waals surface area contributed by atoms with Gasteiger partial charge in [0, 0.05) is 18.4 Å². The Morgan fingerprint density at radius 1 is 1.23 bits per heavy atom. The fourth-order valence-electron chi connectivity index (χ4n) is 3.40. The van der Waals surface area contributed by atoms with Crippen molar-refractivity contribution in [1.82, 2.24) is 14.9 Å². The second-order valence-electron chi connectivity index (χ2n) is 7.18. The van der Waals surface area contributed by atoms with Crippen LogP contribution in [0.4, 0.5) is 11.7 Å². The number of rotatable bonds is 6. The number of benzene rings is 1. The van der Waals surface area contributed by atoms with Crippen LogP contribution >= 0.6 is 24.8 Å². The fourth-order valence-corrected chi connectivity index (χ4v) is 3.40. The number of likely N-dealkylation sites (tertiary alicyclic amines) is 1. The van der Waals surface area contributed by atoms with Crippen molar-refractivity contribution in [3.8, 4) is 5.75 Å². The molecule has 0 radical (unpaired) electrons. The Morgan fingerprint density at radius 2 is 2.03 bits per heavy atom. The van der Waals surface area contributed by atoms with Crippen molar-refractivity contribution in [3.63, 3.8) is 0 Å². The lowest BCUT2D eigenvalue weighted by molar-refractivity contribution is 0.0522. The Balaban J connectivity index is 0.00000171. The molecule has 1 aromatic carbocycles. The molecule has 1 N–H and O–H groups in total. The van der Waals surface area contributed by atoms with Gasteiger partial charge >= 0.3 is 0 Å². The van der Waals surface area contributed by atoms with E-state index in [0.29, 0.717) is 30.6 Å². The second kappa shape index (κ2) is 11.6. The van der Waals surface area contributed by atoms with Crippen LogP contribution < -0.4 is 10.1 Å². The Morgan fingerprint density at radius 3 is 2.77 bits per heavy atom. The van der Waals surface area contributed by atoms with E-state index >= 15 is 0 Å². The van der Waals surface area contributed by atoms with Crippen LogP contribution in [-0.2, 0) is 0 Å². The van der Waals surface area contributed by atoms with E-state index in [1.807, 2.05) is 48.2 Å². The number of pyridine rings is 1. The summed E-state index contributed by atoms with van der Waals surface area (Å²) in [6.45, 7) is 3.15. The van der Waals surface area contributed by atoms with E-state index in [9.17, 15) is 4.79 Å². The molecule has 1 fully saturated rings. The summed E-state index contributed by atoms with van der Waals surface area (Å²) in [5.74, 6) is 0.571. The van der Waals surface area contributed by atoms with Gasteiger partial charge in [0.1, 0.15) is 18.6 Å². The van der Waals surface area contributed by atoms with Gasteiger partial charge in [-0.3, -0.25) is 9.78 Å². The quantitative estimate of drug-likeness (QED) is 0.550. The summed E-state index contributed by atoms with van der Waals surface area (Å²) in [6, 6.07) is 11.9. The number of nitrogens with one attached hydrogen (secondary N) is 1. The number of aryl methyl sites for hydroxylation is 1. The monoisotopic (exact) mass is 464 g/mol. The van der Waals surface area contributed by atoms with E-state index in [1.54, 1.807) is 12.4 Å². The number of anilines is 2. The second-order valence-corrected chi connectivity index (χ2v) is 7.18. The van der Waals surface area contributed by atoms with Crippen molar-refractivity contribution in [2.75, 3.05) is 18.5 Å². The number of nitrogens with zero attached hydrogens (tertiary/aromatic N) is 3. The predicted octanol–water partition coefficient (Wildman–Crippen LogP) is 5.04. The smallest absolute Gasteiger partial charge is 0.299 e. The number of ether oxygens (including phenoxy) is 1. The molecular weight excluding hydrogens is 439 g/mol. The van der Waals surface area contributed by atoms with Crippen LogP contribution in [0.25, 0.3) is 0 Å². The average molecular weight is 465 g/mol. The maximum atomic E-state index is 13.0. The minimum atomic E-state index is -0.134. The van der Waals surface area contributed by atoms with Gasteiger partial charge in [0.25, 0.3) is 11.9 Å². The molecule has 3 aromatic rings. The summed E-state index contributed by atoms with van der Waals surface area (Å²) >= 11 is 0. The van der Waals surface area contributed by atoms with Crippen molar-refractivity contribution in [2.24, 2.45) is 0 Å². The van der Waals surface area contributed by atoms with Gasteiger partial charge in [-0.15, -0.1) is 24.8 Å². The van der Waals surface area contributed by atoms with Gasteiger partial charge < -0.3 is 19.4 Å². The zero-order valence-corrected chi connectivity index (χ0v) is 18.8. The highest BCUT2D eigenvalue weighted by atomic mass is 35.5. The summed E-state index contributed by atoms with van der Waals surface area (Å²) < 4.78 is 11.3. The van der Waals surface area contributed by atoms with E-state index in [4.69, 9.17) is 9.15 Å². The number of amides is 1. The zero-order valence-electron chi connectivity index (χ0n) is 17.2. The molecule has 0 saturated carbocycles. The molecule has 31 heavy (non-hydrogen) atoms. The SMILES string of the molecule is Cc1ccc(Nc2nc(C(=O)N3CCCCC3COc3cccnc3)co2)cc1.Cl.Cl. The van der Waals surface area contributed by atoms with E-state index < -0.39 is 0 Å². The molecule has 0 bridgehead atoms. The molecule has 1 saturated heterocycles. The van der Waals surface area contributed by atoms with Gasteiger partial charge in [0.15, 0.2) is 5.69 Å². The highest BCUT2D eigenvalue weighted by Gasteiger charge is 2.30. The lowest BCUT2D eigenvalue weighted by Gasteiger charge is -2.35. The molecule has 1 aliphatic rings. The van der Waals surface area contributed by atoms with Crippen molar-refractivity contribution in [1.29, 1.82) is 0 Å². The lowest BCUT2D eigenvalue weighted by Crippen LogP contribution is -2.46. The molecule has 1 aliphatic heterocycles. The molecule has 7 nitrogen and oxygen atoms in total. The van der Waals surface area contributed by atoms with Crippen LogP contribution in [0.1, 0.15) is 35.3 Å².